The fourth-order valence-electron chi connectivity index (χ4n) is 1.83. The molecule has 1 rings (SSSR count). The van der Waals surface area contributed by atoms with Gasteiger partial charge in [0.1, 0.15) is 11.6 Å². The first-order chi connectivity index (χ1) is 5.76. The summed E-state index contributed by atoms with van der Waals surface area (Å²) in [5.41, 5.74) is -1.97. The topological polar surface area (TPSA) is 74.4 Å². The summed E-state index contributed by atoms with van der Waals surface area (Å²) in [7, 11) is 0. The van der Waals surface area contributed by atoms with Gasteiger partial charge in [-0.15, -0.1) is 5.21 Å². The highest BCUT2D eigenvalue weighted by Crippen LogP contribution is 2.27. The van der Waals surface area contributed by atoms with Crippen molar-refractivity contribution in [2.75, 3.05) is 0 Å². The maximum Gasteiger partial charge on any atom is 0.196 e. The van der Waals surface area contributed by atoms with Gasteiger partial charge in [0.15, 0.2) is 11.7 Å². The molecule has 5 heteroatoms. The Bertz CT molecular complexity index is 257. The Balaban J connectivity index is 3.13. The second-order valence-electron chi connectivity index (χ2n) is 4.43. The fraction of sp³-hybridized carbons (Fsp3) is 0.875. The van der Waals surface area contributed by atoms with Gasteiger partial charge in [-0.05, 0) is 13.8 Å². The second kappa shape index (κ2) is 2.66. The van der Waals surface area contributed by atoms with Crippen molar-refractivity contribution in [3.63, 3.8) is 0 Å². The molecule has 2 atom stereocenters. The number of hydrogen-bond acceptors (Lipinski definition) is 3. The summed E-state index contributed by atoms with van der Waals surface area (Å²) in [5, 5.41) is 32.5. The van der Waals surface area contributed by atoms with Crippen molar-refractivity contribution in [2.24, 2.45) is 0 Å². The van der Waals surface area contributed by atoms with Gasteiger partial charge in [-0.2, -0.15) is 5.26 Å². The molecule has 1 N–H and O–H groups in total. The predicted molar refractivity (Wildman–Crippen MR) is 44.4 cm³/mol. The van der Waals surface area contributed by atoms with Crippen molar-refractivity contribution in [2.45, 2.75) is 44.9 Å². The molecular formula is C8H14N3O2. The van der Waals surface area contributed by atoms with Crippen LogP contribution in [0.3, 0.4) is 0 Å². The Labute approximate surface area is 77.7 Å². The van der Waals surface area contributed by atoms with Gasteiger partial charge in [0, 0.05) is 13.8 Å². The summed E-state index contributed by atoms with van der Waals surface area (Å²) in [6.45, 7) is 6.36. The lowest BCUT2D eigenvalue weighted by Gasteiger charge is -2.33. The highest BCUT2D eigenvalue weighted by Gasteiger charge is 2.59. The largest absolute Gasteiger partial charge is 0.632 e. The van der Waals surface area contributed by atoms with Crippen LogP contribution in [0.15, 0.2) is 0 Å². The Hall–Kier alpha value is -0.670. The van der Waals surface area contributed by atoms with Crippen LogP contribution < -0.4 is 5.06 Å². The van der Waals surface area contributed by atoms with Gasteiger partial charge in [0.2, 0.25) is 0 Å². The first-order valence-electron chi connectivity index (χ1n) is 4.17. The minimum atomic E-state index is -1.07. The minimum absolute atomic E-state index is 0.282. The molecule has 13 heavy (non-hydrogen) atoms. The van der Waals surface area contributed by atoms with Crippen molar-refractivity contribution >= 4 is 0 Å². The zero-order valence-electron chi connectivity index (χ0n) is 8.29. The van der Waals surface area contributed by atoms with E-state index in [4.69, 9.17) is 5.26 Å². The van der Waals surface area contributed by atoms with E-state index in [0.29, 0.717) is 0 Å². The summed E-state index contributed by atoms with van der Waals surface area (Å²) < 4.78 is 0. The van der Waals surface area contributed by atoms with Crippen molar-refractivity contribution < 1.29 is 10.3 Å². The van der Waals surface area contributed by atoms with Crippen molar-refractivity contribution in [3.8, 4) is 6.07 Å². The standard InChI is InChI=1S/C8H14N3O2/c1-7(2)6(5-9)10(12)8(3,4)11(7)13/h6,10H,1-4H3. The molecule has 1 aliphatic rings. The van der Waals surface area contributed by atoms with Crippen molar-refractivity contribution in [1.29, 1.82) is 5.26 Å². The average Bonchev–Trinajstić information content (AvgIpc) is 2.12. The fourth-order valence-corrected chi connectivity index (χ4v) is 1.83. The number of nitrogens with zero attached hydrogens (tertiary/aromatic N) is 2. The number of nitriles is 1. The number of nitrogens with one attached hydrogen (secondary N) is 1. The molecule has 1 saturated heterocycles. The molecular weight excluding hydrogens is 170 g/mol. The third kappa shape index (κ3) is 1.15. The highest BCUT2D eigenvalue weighted by molar-refractivity contribution is 5.05. The van der Waals surface area contributed by atoms with E-state index < -0.39 is 17.2 Å². The Morgan fingerprint density at radius 1 is 1.46 bits per heavy atom. The molecule has 1 aliphatic heterocycles. The van der Waals surface area contributed by atoms with Crippen LogP contribution in [0.25, 0.3) is 0 Å². The van der Waals surface area contributed by atoms with Gasteiger partial charge in [-0.25, -0.2) is 0 Å². The molecule has 5 nitrogen and oxygen atoms in total. The second-order valence-corrected chi connectivity index (χ2v) is 4.43. The third-order valence-corrected chi connectivity index (χ3v) is 2.73. The van der Waals surface area contributed by atoms with E-state index in [1.807, 2.05) is 6.07 Å². The first-order valence-corrected chi connectivity index (χ1v) is 4.17. The van der Waals surface area contributed by atoms with Gasteiger partial charge in [0.25, 0.3) is 0 Å². The summed E-state index contributed by atoms with van der Waals surface area (Å²) in [6.07, 6.45) is 0. The molecule has 0 aromatic heterocycles. The van der Waals surface area contributed by atoms with E-state index in [-0.39, 0.29) is 5.06 Å². The average molecular weight is 184 g/mol. The number of quaternary nitrogens is 1. The van der Waals surface area contributed by atoms with E-state index in [1.165, 1.54) is 0 Å². The predicted octanol–water partition coefficient (Wildman–Crippen LogP) is -0.563. The number of rotatable bonds is 0. The van der Waals surface area contributed by atoms with Crippen LogP contribution in [-0.2, 0) is 5.21 Å². The van der Waals surface area contributed by atoms with Crippen molar-refractivity contribution in [3.05, 3.63) is 5.21 Å². The molecule has 0 spiro atoms. The monoisotopic (exact) mass is 184 g/mol. The van der Waals surface area contributed by atoms with E-state index in [2.05, 4.69) is 0 Å². The minimum Gasteiger partial charge on any atom is -0.632 e. The lowest BCUT2D eigenvalue weighted by molar-refractivity contribution is -0.915. The number of hydroxylamine groups is 4. The van der Waals surface area contributed by atoms with Crippen LogP contribution in [-0.4, -0.2) is 22.3 Å². The Morgan fingerprint density at radius 2 is 1.92 bits per heavy atom. The zero-order valence-corrected chi connectivity index (χ0v) is 8.29. The molecule has 0 aliphatic carbocycles. The molecule has 0 amide bonds. The van der Waals surface area contributed by atoms with Crippen LogP contribution in [0.2, 0.25) is 0 Å². The zero-order chi connectivity index (χ0) is 10.4. The van der Waals surface area contributed by atoms with Crippen LogP contribution in [0, 0.1) is 16.5 Å². The van der Waals surface area contributed by atoms with Gasteiger partial charge < -0.3 is 10.3 Å². The molecule has 1 radical (unpaired) electrons. The first kappa shape index (κ1) is 10.4. The number of hydrogen-bond donors (Lipinski definition) is 1. The molecule has 0 saturated carbocycles. The maximum atomic E-state index is 11.7. The normalized spacial score (nSPS) is 37.3. The SMILES string of the molecule is CC1(C)C(C#N)[NH+]([O-])C(C)(C)N1[O]. The molecule has 73 valence electrons. The molecule has 0 aromatic rings. The summed E-state index contributed by atoms with van der Waals surface area (Å²) in [6, 6.07) is 1.08. The summed E-state index contributed by atoms with van der Waals surface area (Å²) >= 11 is 0. The van der Waals surface area contributed by atoms with Gasteiger partial charge >= 0.3 is 0 Å². The Kier molecular flexibility index (Phi) is 2.13. The summed E-state index contributed by atoms with van der Waals surface area (Å²) in [4.78, 5) is 0. The maximum absolute atomic E-state index is 11.7. The third-order valence-electron chi connectivity index (χ3n) is 2.73. The smallest absolute Gasteiger partial charge is 0.196 e. The highest BCUT2D eigenvalue weighted by atomic mass is 16.6. The van der Waals surface area contributed by atoms with Crippen LogP contribution in [0.5, 0.6) is 0 Å². The van der Waals surface area contributed by atoms with Crippen LogP contribution >= 0.6 is 0 Å². The van der Waals surface area contributed by atoms with E-state index in [1.54, 1.807) is 27.7 Å². The molecule has 2 unspecified atom stereocenters. The Morgan fingerprint density at radius 3 is 2.08 bits per heavy atom. The van der Waals surface area contributed by atoms with E-state index in [0.717, 1.165) is 5.06 Å². The lowest BCUT2D eigenvalue weighted by Crippen LogP contribution is -3.17. The van der Waals surface area contributed by atoms with Gasteiger partial charge in [0.05, 0.1) is 0 Å². The molecule has 1 fully saturated rings. The molecule has 1 heterocycles. The summed E-state index contributed by atoms with van der Waals surface area (Å²) in [5.74, 6) is 0. The quantitative estimate of drug-likeness (QED) is 0.513. The van der Waals surface area contributed by atoms with Gasteiger partial charge in [-0.1, -0.05) is 5.06 Å². The van der Waals surface area contributed by atoms with Gasteiger partial charge in [-0.3, -0.25) is 0 Å². The van der Waals surface area contributed by atoms with Crippen LogP contribution in [0.4, 0.5) is 0 Å². The molecule has 0 bridgehead atoms. The molecule has 0 aromatic carbocycles. The van der Waals surface area contributed by atoms with Crippen molar-refractivity contribution in [1.82, 2.24) is 5.06 Å². The van der Waals surface area contributed by atoms with Crippen LogP contribution in [0.1, 0.15) is 27.7 Å². The lowest BCUT2D eigenvalue weighted by atomic mass is 9.98. The van der Waals surface area contributed by atoms with E-state index >= 15 is 0 Å². The van der Waals surface area contributed by atoms with E-state index in [9.17, 15) is 10.4 Å².